The molecule has 0 unspecified atom stereocenters. The fourth-order valence-electron chi connectivity index (χ4n) is 3.01. The number of nitrogens with zero attached hydrogens (tertiary/aromatic N) is 2. The van der Waals surface area contributed by atoms with Crippen LogP contribution in [0.3, 0.4) is 0 Å². The van der Waals surface area contributed by atoms with Gasteiger partial charge in [0.25, 0.3) is 0 Å². The summed E-state index contributed by atoms with van der Waals surface area (Å²) >= 11 is 1.34. The van der Waals surface area contributed by atoms with Crippen molar-refractivity contribution in [1.29, 1.82) is 5.26 Å². The molecule has 4 rings (SSSR count). The fraction of sp³-hybridized carbons (Fsp3) is 0.190. The third kappa shape index (κ3) is 3.65. The van der Waals surface area contributed by atoms with Crippen molar-refractivity contribution in [3.05, 3.63) is 58.6 Å². The van der Waals surface area contributed by atoms with Gasteiger partial charge in [0.1, 0.15) is 29.9 Å². The first-order valence-electron chi connectivity index (χ1n) is 8.83. The van der Waals surface area contributed by atoms with E-state index in [1.165, 1.54) is 17.8 Å². The molecule has 0 aliphatic carbocycles. The van der Waals surface area contributed by atoms with E-state index in [-0.39, 0.29) is 11.1 Å². The van der Waals surface area contributed by atoms with Gasteiger partial charge in [0.2, 0.25) is 5.78 Å². The topological polar surface area (TPSA) is 88.9 Å². The summed E-state index contributed by atoms with van der Waals surface area (Å²) in [6, 6.07) is 14.3. The molecule has 0 N–H and O–H groups in total. The number of ketones is 1. The molecule has 29 heavy (non-hydrogen) atoms. The molecule has 0 saturated heterocycles. The van der Waals surface area contributed by atoms with Crippen molar-refractivity contribution in [2.75, 3.05) is 31.8 Å². The summed E-state index contributed by atoms with van der Waals surface area (Å²) in [6.07, 6.45) is 0. The number of nitriles is 1. The van der Waals surface area contributed by atoms with E-state index in [2.05, 4.69) is 0 Å². The first-order chi connectivity index (χ1) is 14.1. The lowest BCUT2D eigenvalue weighted by Crippen LogP contribution is -2.20. The van der Waals surface area contributed by atoms with Gasteiger partial charge in [0, 0.05) is 11.9 Å². The number of benzene rings is 2. The molecule has 0 amide bonds. The highest BCUT2D eigenvalue weighted by molar-refractivity contribution is 8.03. The van der Waals surface area contributed by atoms with Gasteiger partial charge in [0.05, 0.1) is 11.3 Å². The van der Waals surface area contributed by atoms with Crippen LogP contribution in [0.1, 0.15) is 10.4 Å². The third-order valence-corrected chi connectivity index (χ3v) is 5.69. The van der Waals surface area contributed by atoms with E-state index in [0.29, 0.717) is 29.7 Å². The average molecular weight is 408 g/mol. The van der Waals surface area contributed by atoms with Gasteiger partial charge in [-0.2, -0.15) is 5.26 Å². The van der Waals surface area contributed by atoms with Crippen molar-refractivity contribution < 1.29 is 23.8 Å². The average Bonchev–Trinajstić information content (AvgIpc) is 3.08. The number of carbonyl (C=O) groups excluding carboxylic acids is 2. The molecule has 0 saturated carbocycles. The second-order valence-electron chi connectivity index (χ2n) is 6.28. The molecule has 0 radical (unpaired) electrons. The zero-order chi connectivity index (χ0) is 20.4. The van der Waals surface area contributed by atoms with Crippen molar-refractivity contribution in [3.63, 3.8) is 0 Å². The molecule has 2 aromatic rings. The molecule has 0 bridgehead atoms. The maximum Gasteiger partial charge on any atom is 0.338 e. The van der Waals surface area contributed by atoms with Crippen LogP contribution in [-0.2, 0) is 9.53 Å². The number of fused-ring (bicyclic) bond motifs is 2. The molecular formula is C21H16N2O5S. The largest absolute Gasteiger partial charge is 0.486 e. The maximum atomic E-state index is 12.6. The minimum atomic E-state index is -0.673. The Hall–Kier alpha value is -3.44. The summed E-state index contributed by atoms with van der Waals surface area (Å²) in [4.78, 5) is 27.7. The molecule has 2 aromatic carbocycles. The lowest BCUT2D eigenvalue weighted by atomic mass is 10.2. The van der Waals surface area contributed by atoms with E-state index in [1.807, 2.05) is 30.3 Å². The van der Waals surface area contributed by atoms with Crippen molar-refractivity contribution in [2.24, 2.45) is 0 Å². The third-order valence-electron chi connectivity index (χ3n) is 4.45. The highest BCUT2D eigenvalue weighted by Gasteiger charge is 2.28. The predicted octanol–water partition coefficient (Wildman–Crippen LogP) is 3.16. The van der Waals surface area contributed by atoms with Crippen LogP contribution in [0.4, 0.5) is 5.69 Å². The number of ether oxygens (including phenoxy) is 3. The highest BCUT2D eigenvalue weighted by atomic mass is 32.2. The zero-order valence-corrected chi connectivity index (χ0v) is 16.3. The number of rotatable bonds is 4. The Balaban J connectivity index is 1.46. The monoisotopic (exact) mass is 408 g/mol. The lowest BCUT2D eigenvalue weighted by molar-refractivity contribution is -0.118. The number of hydrogen-bond acceptors (Lipinski definition) is 8. The summed E-state index contributed by atoms with van der Waals surface area (Å²) in [5.74, 6) is -0.214. The quantitative estimate of drug-likeness (QED) is 0.433. The Morgan fingerprint density at radius 2 is 1.93 bits per heavy atom. The molecule has 2 aliphatic heterocycles. The van der Waals surface area contributed by atoms with Crippen molar-refractivity contribution in [1.82, 2.24) is 0 Å². The van der Waals surface area contributed by atoms with E-state index < -0.39 is 18.4 Å². The van der Waals surface area contributed by atoms with Crippen LogP contribution in [0.2, 0.25) is 0 Å². The maximum absolute atomic E-state index is 12.6. The first kappa shape index (κ1) is 18.9. The SMILES string of the molecule is CN1/C(=C(\C#N)C(=O)COC(=O)c2ccc3c(c2)OCCO3)Sc2ccccc21. The van der Waals surface area contributed by atoms with Gasteiger partial charge in [-0.25, -0.2) is 4.79 Å². The second-order valence-corrected chi connectivity index (χ2v) is 7.31. The Bertz CT molecular complexity index is 1070. The van der Waals surface area contributed by atoms with Crippen LogP contribution in [0.15, 0.2) is 58.0 Å². The van der Waals surface area contributed by atoms with Crippen molar-refractivity contribution in [3.8, 4) is 17.6 Å². The summed E-state index contributed by atoms with van der Waals surface area (Å²) in [5.41, 5.74) is 1.12. The predicted molar refractivity (Wildman–Crippen MR) is 106 cm³/mol. The normalized spacial score (nSPS) is 15.9. The molecule has 0 spiro atoms. The van der Waals surface area contributed by atoms with Gasteiger partial charge < -0.3 is 19.1 Å². The Morgan fingerprint density at radius 3 is 2.69 bits per heavy atom. The molecule has 2 heterocycles. The molecule has 0 atom stereocenters. The lowest BCUT2D eigenvalue weighted by Gasteiger charge is -2.18. The summed E-state index contributed by atoms with van der Waals surface area (Å²) in [6.45, 7) is 0.328. The highest BCUT2D eigenvalue weighted by Crippen LogP contribution is 2.46. The molecule has 146 valence electrons. The fourth-order valence-corrected chi connectivity index (χ4v) is 4.17. The molecule has 0 fully saturated rings. The number of Topliss-reactive ketones (excluding diaryl/α,β-unsaturated/α-hetero) is 1. The summed E-state index contributed by atoms with van der Waals surface area (Å²) in [7, 11) is 1.79. The van der Waals surface area contributed by atoms with E-state index >= 15 is 0 Å². The van der Waals surface area contributed by atoms with Gasteiger partial charge in [-0.05, 0) is 30.3 Å². The van der Waals surface area contributed by atoms with Gasteiger partial charge in [-0.1, -0.05) is 23.9 Å². The Kier molecular flexibility index (Phi) is 5.14. The van der Waals surface area contributed by atoms with E-state index in [1.54, 1.807) is 24.1 Å². The van der Waals surface area contributed by atoms with Crippen molar-refractivity contribution in [2.45, 2.75) is 4.90 Å². The Morgan fingerprint density at radius 1 is 1.17 bits per heavy atom. The minimum absolute atomic E-state index is 0.0383. The molecule has 7 nitrogen and oxygen atoms in total. The van der Waals surface area contributed by atoms with Crippen LogP contribution in [0.25, 0.3) is 0 Å². The van der Waals surface area contributed by atoms with E-state index in [4.69, 9.17) is 14.2 Å². The number of hydrogen-bond donors (Lipinski definition) is 0. The van der Waals surface area contributed by atoms with Crippen LogP contribution >= 0.6 is 11.8 Å². The van der Waals surface area contributed by atoms with Gasteiger partial charge in [-0.15, -0.1) is 0 Å². The molecular weight excluding hydrogens is 392 g/mol. The van der Waals surface area contributed by atoms with Gasteiger partial charge >= 0.3 is 5.97 Å². The molecule has 0 aromatic heterocycles. The van der Waals surface area contributed by atoms with Gasteiger partial charge in [-0.3, -0.25) is 4.79 Å². The summed E-state index contributed by atoms with van der Waals surface area (Å²) < 4.78 is 16.0. The smallest absolute Gasteiger partial charge is 0.338 e. The number of esters is 1. The minimum Gasteiger partial charge on any atom is -0.486 e. The van der Waals surface area contributed by atoms with Crippen LogP contribution < -0.4 is 14.4 Å². The van der Waals surface area contributed by atoms with Gasteiger partial charge in [0.15, 0.2) is 18.1 Å². The van der Waals surface area contributed by atoms with Crippen LogP contribution in [0.5, 0.6) is 11.5 Å². The second kappa shape index (κ2) is 7.89. The van der Waals surface area contributed by atoms with E-state index in [9.17, 15) is 14.9 Å². The molecule has 8 heteroatoms. The number of para-hydroxylation sites is 1. The number of thioether (sulfide) groups is 1. The standard InChI is InChI=1S/C21H16N2O5S/c1-23-15-4-2-3-5-19(15)29-20(23)14(11-22)16(24)12-28-21(25)13-6-7-17-18(10-13)27-9-8-26-17/h2-7,10H,8-9,12H2,1H3/b20-14-. The first-order valence-corrected chi connectivity index (χ1v) is 9.65. The Labute approximate surface area is 171 Å². The van der Waals surface area contributed by atoms with E-state index in [0.717, 1.165) is 10.6 Å². The molecule has 2 aliphatic rings. The summed E-state index contributed by atoms with van der Waals surface area (Å²) in [5, 5.41) is 10.1. The van der Waals surface area contributed by atoms with Crippen LogP contribution in [-0.4, -0.2) is 38.6 Å². The number of anilines is 1. The van der Waals surface area contributed by atoms with Crippen LogP contribution in [0, 0.1) is 11.3 Å². The zero-order valence-electron chi connectivity index (χ0n) is 15.5. The van der Waals surface area contributed by atoms with Crippen molar-refractivity contribution >= 4 is 29.2 Å². The number of carbonyl (C=O) groups is 2.